The lowest BCUT2D eigenvalue weighted by Gasteiger charge is -2.29. The van der Waals surface area contributed by atoms with Gasteiger partial charge >= 0.3 is 0 Å². The molecular weight excluding hydrogens is 662 g/mol. The molecule has 3 atom stereocenters. The van der Waals surface area contributed by atoms with Gasteiger partial charge in [-0.25, -0.2) is 17.7 Å². The van der Waals surface area contributed by atoms with Crippen LogP contribution >= 0.6 is 0 Å². The van der Waals surface area contributed by atoms with Gasteiger partial charge in [-0.15, -0.1) is 0 Å². The van der Waals surface area contributed by atoms with E-state index in [2.05, 4.69) is 9.71 Å². The molecule has 0 bridgehead atoms. The van der Waals surface area contributed by atoms with E-state index in [1.165, 1.54) is 12.1 Å². The predicted octanol–water partition coefficient (Wildman–Crippen LogP) is 7.50. The first-order valence-corrected chi connectivity index (χ1v) is 18.5. The molecule has 0 unspecified atom stereocenters. The number of methoxy groups -OCH3 is 1. The van der Waals surface area contributed by atoms with Gasteiger partial charge in [-0.3, -0.25) is 4.99 Å². The van der Waals surface area contributed by atoms with Gasteiger partial charge in [0.1, 0.15) is 17.4 Å². The van der Waals surface area contributed by atoms with Crippen molar-refractivity contribution in [1.82, 2.24) is 4.72 Å². The van der Waals surface area contributed by atoms with Gasteiger partial charge in [0, 0.05) is 19.1 Å². The molecule has 3 aromatic carbocycles. The summed E-state index contributed by atoms with van der Waals surface area (Å²) in [5.74, 6) is 0.259. The Balaban J connectivity index is 0.000000310. The molecule has 11 heteroatoms. The van der Waals surface area contributed by atoms with Gasteiger partial charge in [0.25, 0.3) is 0 Å². The van der Waals surface area contributed by atoms with Crippen LogP contribution in [0.25, 0.3) is 0 Å². The number of hydrogen-bond acceptors (Lipinski definition) is 7. The number of nitrogens with one attached hydrogen (secondary N) is 1. The maximum atomic E-state index is 14.4. The Bertz CT molecular complexity index is 1530. The first-order chi connectivity index (χ1) is 24.1. The van der Waals surface area contributed by atoms with Crippen LogP contribution in [0.2, 0.25) is 0 Å². The average Bonchev–Trinajstić information content (AvgIpc) is 3.66. The van der Waals surface area contributed by atoms with Crippen molar-refractivity contribution < 1.29 is 37.0 Å². The fraction of sp³-hybridized carbons (Fsp3) is 0.513. The third-order valence-corrected chi connectivity index (χ3v) is 10.1. The number of aliphatic imine (C=N–C) groups is 1. The molecule has 1 saturated heterocycles. The number of hydrogen-bond donors (Lipinski definition) is 2. The number of nitrogens with zero attached hydrogens (tertiary/aromatic N) is 1. The second-order valence-electron chi connectivity index (χ2n) is 13.4. The summed E-state index contributed by atoms with van der Waals surface area (Å²) in [6, 6.07) is 17.1. The molecule has 0 amide bonds. The topological polar surface area (TPSA) is 98.6 Å². The van der Waals surface area contributed by atoms with Crippen molar-refractivity contribution >= 4 is 17.2 Å². The van der Waals surface area contributed by atoms with Crippen molar-refractivity contribution in [2.45, 2.75) is 95.4 Å². The Morgan fingerprint density at radius 1 is 1.00 bits per heavy atom. The van der Waals surface area contributed by atoms with Crippen LogP contribution in [0.1, 0.15) is 92.8 Å². The third-order valence-electron chi connectivity index (χ3n) is 8.52. The van der Waals surface area contributed by atoms with Gasteiger partial charge in [0.2, 0.25) is 0 Å². The van der Waals surface area contributed by atoms with Crippen molar-refractivity contribution in [3.8, 4) is 5.75 Å². The molecule has 2 aliphatic heterocycles. The Kier molecular flexibility index (Phi) is 16.0. The van der Waals surface area contributed by atoms with Gasteiger partial charge < -0.3 is 24.1 Å². The molecule has 50 heavy (non-hydrogen) atoms. The minimum atomic E-state index is -1.32. The molecule has 2 heterocycles. The van der Waals surface area contributed by atoms with E-state index in [-0.39, 0.29) is 36.6 Å². The van der Waals surface area contributed by atoms with E-state index in [1.54, 1.807) is 31.4 Å². The first-order valence-electron chi connectivity index (χ1n) is 17.4. The SMILES string of the molecule is COc1ccc(COCCc2ccc(F)cc2[C@@H](CCC2OCCCO2)N[S@@](=O)C(C)(C)C)cc1.OCCc1ccc(F)cc1[C@H]1CCC=N1. The standard InChI is InChI=1S/C27H38FNO5S.C12H14FNO/c1-27(2,3)35(30)29-25(12-13-26-33-15-5-16-34-26)24-18-22(28)9-8-21(24)14-17-32-19-20-6-10-23(31-4)11-7-20;13-10-4-3-9(5-7-15)11(8-10)12-2-1-6-14-12/h6-11,18,25-26,29H,5,12-17,19H2,1-4H3;3-4,6,8,12,15H,1-2,5,7H2/t25-,35+;12-/m11/s1. The summed E-state index contributed by atoms with van der Waals surface area (Å²) in [4.78, 5) is 4.32. The smallest absolute Gasteiger partial charge is 0.157 e. The highest BCUT2D eigenvalue weighted by atomic mass is 32.2. The molecular formula is C39H52F2N2O6S. The molecule has 2 N–H and O–H groups in total. The zero-order valence-electron chi connectivity index (χ0n) is 29.7. The molecule has 2 aliphatic rings. The van der Waals surface area contributed by atoms with E-state index in [1.807, 2.05) is 51.3 Å². The number of halogens is 2. The van der Waals surface area contributed by atoms with Gasteiger partial charge in [-0.05, 0) is 130 Å². The van der Waals surface area contributed by atoms with Crippen LogP contribution < -0.4 is 9.46 Å². The van der Waals surface area contributed by atoms with Gasteiger partial charge in [0.15, 0.2) is 6.29 Å². The fourth-order valence-electron chi connectivity index (χ4n) is 5.77. The molecule has 8 nitrogen and oxygen atoms in total. The lowest BCUT2D eigenvalue weighted by Crippen LogP contribution is -2.37. The van der Waals surface area contributed by atoms with Crippen LogP contribution in [-0.4, -0.2) is 60.1 Å². The zero-order valence-corrected chi connectivity index (χ0v) is 30.5. The highest BCUT2D eigenvalue weighted by Gasteiger charge is 2.27. The Morgan fingerprint density at radius 3 is 2.34 bits per heavy atom. The summed E-state index contributed by atoms with van der Waals surface area (Å²) in [6.07, 6.45) is 6.81. The fourth-order valence-corrected chi connectivity index (χ4v) is 6.63. The number of benzene rings is 3. The largest absolute Gasteiger partial charge is 0.497 e. The van der Waals surface area contributed by atoms with Crippen LogP contribution in [-0.2, 0) is 44.6 Å². The van der Waals surface area contributed by atoms with Crippen LogP contribution in [0.3, 0.4) is 0 Å². The van der Waals surface area contributed by atoms with E-state index in [0.29, 0.717) is 52.1 Å². The van der Waals surface area contributed by atoms with Gasteiger partial charge in [-0.2, -0.15) is 0 Å². The molecule has 0 spiro atoms. The monoisotopic (exact) mass is 714 g/mol. The molecule has 0 aliphatic carbocycles. The summed E-state index contributed by atoms with van der Waals surface area (Å²) in [5.41, 5.74) is 4.75. The Labute approximate surface area is 298 Å². The second-order valence-corrected chi connectivity index (χ2v) is 15.4. The maximum absolute atomic E-state index is 14.4. The molecule has 0 radical (unpaired) electrons. The van der Waals surface area contributed by atoms with E-state index < -0.39 is 15.7 Å². The van der Waals surface area contributed by atoms with Crippen LogP contribution in [0.4, 0.5) is 8.78 Å². The molecule has 5 rings (SSSR count). The molecule has 274 valence electrons. The Morgan fingerprint density at radius 2 is 1.70 bits per heavy atom. The van der Waals surface area contributed by atoms with E-state index in [0.717, 1.165) is 52.8 Å². The first kappa shape index (κ1) is 39.7. The highest BCUT2D eigenvalue weighted by Crippen LogP contribution is 2.30. The Hall–Kier alpha value is -3.06. The summed E-state index contributed by atoms with van der Waals surface area (Å²) >= 11 is 0. The minimum absolute atomic E-state index is 0.0854. The quantitative estimate of drug-likeness (QED) is 0.158. The van der Waals surface area contributed by atoms with Crippen LogP contribution in [0.15, 0.2) is 65.7 Å². The average molecular weight is 715 g/mol. The lowest BCUT2D eigenvalue weighted by molar-refractivity contribution is -0.182. The minimum Gasteiger partial charge on any atom is -0.497 e. The second kappa shape index (κ2) is 20.1. The molecule has 0 aromatic heterocycles. The van der Waals surface area contributed by atoms with E-state index in [4.69, 9.17) is 24.1 Å². The van der Waals surface area contributed by atoms with E-state index >= 15 is 0 Å². The number of rotatable bonds is 15. The summed E-state index contributed by atoms with van der Waals surface area (Å²) < 4.78 is 65.7. The maximum Gasteiger partial charge on any atom is 0.157 e. The van der Waals surface area contributed by atoms with Crippen molar-refractivity contribution in [2.24, 2.45) is 4.99 Å². The summed E-state index contributed by atoms with van der Waals surface area (Å²) in [6.45, 7) is 8.15. The normalized spacial score (nSPS) is 17.6. The highest BCUT2D eigenvalue weighted by molar-refractivity contribution is 7.84. The predicted molar refractivity (Wildman–Crippen MR) is 194 cm³/mol. The van der Waals surface area contributed by atoms with Crippen LogP contribution in [0.5, 0.6) is 5.75 Å². The van der Waals surface area contributed by atoms with Crippen molar-refractivity contribution in [3.05, 3.63) is 100 Å². The van der Waals surface area contributed by atoms with Gasteiger partial charge in [0.05, 0.1) is 55.3 Å². The zero-order chi connectivity index (χ0) is 35.9. The molecule has 1 fully saturated rings. The van der Waals surface area contributed by atoms with Crippen molar-refractivity contribution in [3.63, 3.8) is 0 Å². The van der Waals surface area contributed by atoms with Crippen LogP contribution in [0, 0.1) is 11.6 Å². The number of aliphatic hydroxyl groups is 1. The van der Waals surface area contributed by atoms with Gasteiger partial charge in [-0.1, -0.05) is 24.3 Å². The van der Waals surface area contributed by atoms with Crippen molar-refractivity contribution in [1.29, 1.82) is 0 Å². The summed E-state index contributed by atoms with van der Waals surface area (Å²) in [7, 11) is 0.319. The third kappa shape index (κ3) is 12.6. The number of aliphatic hydroxyl groups excluding tert-OH is 1. The van der Waals surface area contributed by atoms with Crippen molar-refractivity contribution in [2.75, 3.05) is 33.5 Å². The summed E-state index contributed by atoms with van der Waals surface area (Å²) in [5, 5.41) is 8.92. The molecule has 0 saturated carbocycles. The van der Waals surface area contributed by atoms with E-state index in [9.17, 15) is 13.0 Å². The lowest BCUT2D eigenvalue weighted by atomic mass is 9.95. The molecule has 3 aromatic rings. The number of ether oxygens (including phenoxy) is 4.